The molecule has 0 bridgehead atoms. The Morgan fingerprint density at radius 1 is 0.322 bits per heavy atom. The minimum absolute atomic E-state index is 0.00830. The lowest BCUT2D eigenvalue weighted by Crippen LogP contribution is -2.54. The fraction of sp³-hybridized carbons (Fsp3) is 1.00. The fourth-order valence-corrected chi connectivity index (χ4v) is 28.4. The second kappa shape index (κ2) is 27.9. The maximum absolute atomic E-state index is 10.3. The van der Waals surface area contributed by atoms with Crippen molar-refractivity contribution in [1.82, 2.24) is 0 Å². The molecule has 0 aromatic heterocycles. The fourth-order valence-electron chi connectivity index (χ4n) is 28.4. The molecule has 12 aliphatic rings. The lowest BCUT2D eigenvalue weighted by Gasteiger charge is -2.61. The summed E-state index contributed by atoms with van der Waals surface area (Å²) in [7, 11) is 0. The zero-order valence-electron chi connectivity index (χ0n) is 61.1. The third-order valence-corrected chi connectivity index (χ3v) is 34.3. The van der Waals surface area contributed by atoms with Crippen molar-refractivity contribution in [2.75, 3.05) is 0 Å². The average Bonchev–Trinajstić information content (AvgIpc) is 1.73. The van der Waals surface area contributed by atoms with E-state index in [1.165, 1.54) is 186 Å². The highest BCUT2D eigenvalue weighted by atomic mass is 16.3. The van der Waals surface area contributed by atoms with Gasteiger partial charge in [-0.05, 0) is 348 Å². The Kier molecular flexibility index (Phi) is 22.4. The van der Waals surface area contributed by atoms with Crippen molar-refractivity contribution >= 4 is 0 Å². The van der Waals surface area contributed by atoms with E-state index in [1.54, 1.807) is 0 Å². The molecule has 0 aromatic rings. The molecule has 0 aromatic carbocycles. The van der Waals surface area contributed by atoms with Crippen LogP contribution in [0.1, 0.15) is 342 Å². The Bertz CT molecular complexity index is 2160. The van der Waals surface area contributed by atoms with E-state index in [4.69, 9.17) is 0 Å². The average molecular weight is 1210 g/mol. The summed E-state index contributed by atoms with van der Waals surface area (Å²) in [6.45, 7) is 43.1. The van der Waals surface area contributed by atoms with Crippen molar-refractivity contribution in [1.29, 1.82) is 0 Å². The number of fused-ring (bicyclic) bond motifs is 15. The Hall–Kier alpha value is -0.120. The minimum Gasteiger partial charge on any atom is -0.393 e. The van der Waals surface area contributed by atoms with Gasteiger partial charge in [-0.2, -0.15) is 0 Å². The zero-order chi connectivity index (χ0) is 62.8. The van der Waals surface area contributed by atoms with Gasteiger partial charge in [0.15, 0.2) is 0 Å². The first-order valence-corrected chi connectivity index (χ1v) is 40.2. The third kappa shape index (κ3) is 13.5. The van der Waals surface area contributed by atoms with Gasteiger partial charge in [0.25, 0.3) is 0 Å². The van der Waals surface area contributed by atoms with Crippen LogP contribution in [0.4, 0.5) is 0 Å². The summed E-state index contributed by atoms with van der Waals surface area (Å²) >= 11 is 0. The van der Waals surface area contributed by atoms with Crippen molar-refractivity contribution in [3.63, 3.8) is 0 Å². The molecule has 3 unspecified atom stereocenters. The van der Waals surface area contributed by atoms with Crippen LogP contribution in [0.15, 0.2) is 0 Å². The van der Waals surface area contributed by atoms with Crippen molar-refractivity contribution in [3.8, 4) is 0 Å². The minimum atomic E-state index is -0.0111. The molecule has 29 atom stereocenters. The van der Waals surface area contributed by atoms with Crippen LogP contribution in [0.2, 0.25) is 0 Å². The van der Waals surface area contributed by atoms with Gasteiger partial charge in [-0.1, -0.05) is 163 Å². The standard InChI is InChI=1S/C29H52O.C28H50O.C27H48O/c1-7-21(19(2)3)9-8-20(4)25-12-13-26-24-11-10-22-18-23(30)14-16-28(22,5)27(24)15-17-29(25,26)6;1-18(2)19(3)7-8-20(4)24-11-12-25-23-10-9-21-17-22(29)13-15-27(21,5)26(23)14-16-28(24,25)6;1-18(2)7-6-8-19(3)23-11-12-24-22-10-9-20-17-21(28)13-15-26(20,4)25(22)14-16-27(23,24)5/h19-27,30H,7-18H2,1-6H3;18-26,29H,7-17H2,1-6H3;18-25,28H,6-17H2,1-5H3/t20-,21+,22?,23+,24+,25-,26+,27+,28+,29-;19-,20-,21?,22+,23+,24-,25+,26+,27+,28-;19-,20?,21+,22+,23-,24+,25+,26+,27-/m111/s1. The maximum atomic E-state index is 10.3. The number of aliphatic hydroxyl groups excluding tert-OH is 3. The van der Waals surface area contributed by atoms with Gasteiger partial charge in [-0.3, -0.25) is 0 Å². The number of rotatable bonds is 16. The van der Waals surface area contributed by atoms with E-state index in [0.717, 1.165) is 175 Å². The molecule has 3 heteroatoms. The first-order valence-electron chi connectivity index (χ1n) is 40.2. The summed E-state index contributed by atoms with van der Waals surface area (Å²) in [5.74, 6) is 21.1. The summed E-state index contributed by atoms with van der Waals surface area (Å²) in [6, 6.07) is 0. The van der Waals surface area contributed by atoms with Gasteiger partial charge in [0.2, 0.25) is 0 Å². The lowest BCUT2D eigenvalue weighted by atomic mass is 9.44. The number of hydrogen-bond acceptors (Lipinski definition) is 3. The van der Waals surface area contributed by atoms with Crippen LogP contribution in [0.3, 0.4) is 0 Å². The molecule has 3 N–H and O–H groups in total. The highest BCUT2D eigenvalue weighted by Crippen LogP contribution is 2.72. The van der Waals surface area contributed by atoms with Crippen LogP contribution >= 0.6 is 0 Å². The van der Waals surface area contributed by atoms with Crippen molar-refractivity contribution in [2.24, 2.45) is 169 Å². The molecule has 87 heavy (non-hydrogen) atoms. The molecule has 0 radical (unpaired) electrons. The van der Waals surface area contributed by atoms with Gasteiger partial charge in [-0.15, -0.1) is 0 Å². The predicted molar refractivity (Wildman–Crippen MR) is 371 cm³/mol. The first kappa shape index (κ1) is 69.7. The van der Waals surface area contributed by atoms with Crippen LogP contribution in [-0.4, -0.2) is 33.6 Å². The lowest BCUT2D eigenvalue weighted by molar-refractivity contribution is -0.129. The van der Waals surface area contributed by atoms with E-state index in [9.17, 15) is 15.3 Å². The van der Waals surface area contributed by atoms with Gasteiger partial charge in [0.1, 0.15) is 0 Å². The van der Waals surface area contributed by atoms with Crippen molar-refractivity contribution < 1.29 is 15.3 Å². The molecule has 0 aliphatic heterocycles. The molecule has 3 nitrogen and oxygen atoms in total. The summed E-state index contributed by atoms with van der Waals surface area (Å²) in [6.07, 6.45) is 48.2. The maximum Gasteiger partial charge on any atom is 0.0543 e. The van der Waals surface area contributed by atoms with Crippen LogP contribution in [0.25, 0.3) is 0 Å². The molecular weight excluding hydrogens is 1060 g/mol. The highest BCUT2D eigenvalue weighted by molar-refractivity contribution is 5.13. The second-order valence-corrected chi connectivity index (χ2v) is 39.0. The van der Waals surface area contributed by atoms with E-state index in [2.05, 4.69) is 118 Å². The Labute approximate surface area is 541 Å². The summed E-state index contributed by atoms with van der Waals surface area (Å²) in [5.41, 5.74) is 3.43. The Balaban J connectivity index is 0.000000145. The molecule has 0 spiro atoms. The molecule has 12 aliphatic carbocycles. The molecular formula is C84H150O3. The van der Waals surface area contributed by atoms with Gasteiger partial charge in [0, 0.05) is 0 Å². The van der Waals surface area contributed by atoms with E-state index < -0.39 is 0 Å². The third-order valence-electron chi connectivity index (χ3n) is 34.3. The normalized spacial score (nSPS) is 48.9. The van der Waals surface area contributed by atoms with E-state index in [-0.39, 0.29) is 18.3 Å². The van der Waals surface area contributed by atoms with Gasteiger partial charge in [-0.25, -0.2) is 0 Å². The van der Waals surface area contributed by atoms with Crippen LogP contribution < -0.4 is 0 Å². The largest absolute Gasteiger partial charge is 0.393 e. The topological polar surface area (TPSA) is 60.7 Å². The Morgan fingerprint density at radius 2 is 0.644 bits per heavy atom. The predicted octanol–water partition coefficient (Wildman–Crippen LogP) is 23.3. The van der Waals surface area contributed by atoms with Crippen molar-refractivity contribution in [3.05, 3.63) is 0 Å². The first-order chi connectivity index (χ1) is 41.1. The van der Waals surface area contributed by atoms with Gasteiger partial charge >= 0.3 is 0 Å². The molecule has 0 heterocycles. The van der Waals surface area contributed by atoms with Gasteiger partial charge in [0.05, 0.1) is 18.3 Å². The summed E-state index contributed by atoms with van der Waals surface area (Å²) in [4.78, 5) is 0. The molecule has 12 rings (SSSR count). The molecule has 504 valence electrons. The zero-order valence-corrected chi connectivity index (χ0v) is 61.1. The quantitative estimate of drug-likeness (QED) is 0.144. The Morgan fingerprint density at radius 3 is 0.966 bits per heavy atom. The second-order valence-electron chi connectivity index (χ2n) is 39.0. The number of hydrogen-bond donors (Lipinski definition) is 3. The molecule has 0 amide bonds. The summed E-state index contributed by atoms with van der Waals surface area (Å²) in [5, 5.41) is 30.8. The van der Waals surface area contributed by atoms with Crippen molar-refractivity contribution in [2.45, 2.75) is 361 Å². The monoisotopic (exact) mass is 1210 g/mol. The van der Waals surface area contributed by atoms with Gasteiger partial charge < -0.3 is 15.3 Å². The number of aliphatic hydroxyl groups is 3. The molecule has 12 saturated carbocycles. The smallest absolute Gasteiger partial charge is 0.0543 e. The van der Waals surface area contributed by atoms with E-state index in [0.29, 0.717) is 32.5 Å². The van der Waals surface area contributed by atoms with Crippen LogP contribution in [0.5, 0.6) is 0 Å². The SMILES string of the molecule is CC(C)CCC[C@@H](C)[C@H]1CC[C@H]2[C@@H]3CCC4C[C@@H](O)CC[C@]4(C)[C@H]3CC[C@]12C.CC(C)[C@H](C)CC[C@@H](C)[C@H]1CC[C@H]2[C@@H]3CCC4C[C@@H](O)CC[C@]4(C)[C@H]3CC[C@]12C.CC[C@@H](CC[C@@H](C)[C@H]1CC[C@H]2[C@@H]3CCC4C[C@@H](O)CC[C@]4(C)[C@H]3CC[C@]12C)C(C)C. The molecule has 12 fully saturated rings. The van der Waals surface area contributed by atoms with E-state index in [1.807, 2.05) is 0 Å². The van der Waals surface area contributed by atoms with E-state index >= 15 is 0 Å². The van der Waals surface area contributed by atoms with Crippen LogP contribution in [-0.2, 0) is 0 Å². The van der Waals surface area contributed by atoms with Crippen LogP contribution in [0, 0.1) is 169 Å². The summed E-state index contributed by atoms with van der Waals surface area (Å²) < 4.78 is 0. The molecule has 0 saturated heterocycles. The highest BCUT2D eigenvalue weighted by Gasteiger charge is 2.64.